The molecule has 0 spiro atoms. The third-order valence-corrected chi connectivity index (χ3v) is 4.24. The zero-order chi connectivity index (χ0) is 12.3. The maximum Gasteiger partial charge on any atom is 0.150 e. The lowest BCUT2D eigenvalue weighted by atomic mass is 10.2. The fourth-order valence-electron chi connectivity index (χ4n) is 1.36. The van der Waals surface area contributed by atoms with Crippen LogP contribution in [0.1, 0.15) is 32.6 Å². The summed E-state index contributed by atoms with van der Waals surface area (Å²) in [6.07, 6.45) is 4.11. The van der Waals surface area contributed by atoms with E-state index in [0.717, 1.165) is 39.0 Å². The quantitative estimate of drug-likeness (QED) is 0.561. The first-order valence-electron chi connectivity index (χ1n) is 6.02. The molecule has 0 saturated heterocycles. The van der Waals surface area contributed by atoms with E-state index in [0.29, 0.717) is 12.2 Å². The van der Waals surface area contributed by atoms with E-state index in [1.54, 1.807) is 14.0 Å². The second-order valence-corrected chi connectivity index (χ2v) is 6.37. The summed E-state index contributed by atoms with van der Waals surface area (Å²) in [4.78, 5) is 0. The molecule has 0 atom stereocenters. The molecule has 0 aromatic carbocycles. The molecular weight excluding hydrogens is 226 g/mol. The summed E-state index contributed by atoms with van der Waals surface area (Å²) in [6, 6.07) is 0. The number of hydrogen-bond donors (Lipinski definition) is 1. The van der Waals surface area contributed by atoms with Crippen molar-refractivity contribution in [2.24, 2.45) is 0 Å². The zero-order valence-electron chi connectivity index (χ0n) is 10.5. The number of hydrogen-bond acceptors (Lipinski definition) is 4. The van der Waals surface area contributed by atoms with Gasteiger partial charge in [-0.1, -0.05) is 6.92 Å². The molecule has 0 unspecified atom stereocenters. The molecule has 0 rings (SSSR count). The lowest BCUT2D eigenvalue weighted by Gasteiger charge is -2.04. The summed E-state index contributed by atoms with van der Waals surface area (Å²) in [5.74, 6) is 0.560. The van der Waals surface area contributed by atoms with Gasteiger partial charge in [0.25, 0.3) is 0 Å². The van der Waals surface area contributed by atoms with Crippen LogP contribution in [0.3, 0.4) is 0 Å². The van der Waals surface area contributed by atoms with Gasteiger partial charge in [0.05, 0.1) is 5.75 Å². The highest BCUT2D eigenvalue weighted by atomic mass is 32.2. The molecule has 5 heteroatoms. The van der Waals surface area contributed by atoms with Crippen LogP contribution < -0.4 is 5.32 Å². The molecule has 4 nitrogen and oxygen atoms in total. The minimum atomic E-state index is -2.78. The van der Waals surface area contributed by atoms with Crippen molar-refractivity contribution in [1.82, 2.24) is 5.32 Å². The first kappa shape index (κ1) is 15.9. The molecular formula is C11H25NO3S. The van der Waals surface area contributed by atoms with Gasteiger partial charge in [-0.25, -0.2) is 8.42 Å². The fraction of sp³-hybridized carbons (Fsp3) is 1.00. The zero-order valence-corrected chi connectivity index (χ0v) is 11.3. The van der Waals surface area contributed by atoms with Gasteiger partial charge in [-0.2, -0.15) is 0 Å². The molecule has 98 valence electrons. The normalized spacial score (nSPS) is 11.9. The minimum Gasteiger partial charge on any atom is -0.385 e. The predicted molar refractivity (Wildman–Crippen MR) is 67.5 cm³/mol. The maximum absolute atomic E-state index is 11.2. The van der Waals surface area contributed by atoms with E-state index in [1.807, 2.05) is 0 Å². The third kappa shape index (κ3) is 10.4. The van der Waals surface area contributed by atoms with Crippen LogP contribution in [0.2, 0.25) is 0 Å². The highest BCUT2D eigenvalue weighted by Crippen LogP contribution is 1.95. The first-order valence-corrected chi connectivity index (χ1v) is 7.84. The van der Waals surface area contributed by atoms with Gasteiger partial charge in [0.15, 0.2) is 0 Å². The predicted octanol–water partition coefficient (Wildman–Crippen LogP) is 1.22. The minimum absolute atomic E-state index is 0.254. The molecule has 0 aliphatic carbocycles. The van der Waals surface area contributed by atoms with Crippen molar-refractivity contribution in [3.05, 3.63) is 0 Å². The van der Waals surface area contributed by atoms with Crippen LogP contribution in [0.15, 0.2) is 0 Å². The summed E-state index contributed by atoms with van der Waals surface area (Å²) in [6.45, 7) is 4.28. The van der Waals surface area contributed by atoms with Gasteiger partial charge >= 0.3 is 0 Å². The second-order valence-electron chi connectivity index (χ2n) is 3.89. The number of nitrogens with one attached hydrogen (secondary N) is 1. The standard InChI is InChI=1S/C11H25NO3S/c1-3-16(13,14)11-7-9-12-8-5-4-6-10-15-2/h12H,3-11H2,1-2H3. The number of ether oxygens (including phenoxy) is 1. The monoisotopic (exact) mass is 251 g/mol. The van der Waals surface area contributed by atoms with Crippen LogP contribution in [0.25, 0.3) is 0 Å². The van der Waals surface area contributed by atoms with Gasteiger partial charge in [0, 0.05) is 19.5 Å². The highest BCUT2D eigenvalue weighted by molar-refractivity contribution is 7.91. The molecule has 0 amide bonds. The summed E-state index contributed by atoms with van der Waals surface area (Å²) in [7, 11) is -1.07. The Morgan fingerprint density at radius 1 is 1.06 bits per heavy atom. The van der Waals surface area contributed by atoms with E-state index in [9.17, 15) is 8.42 Å². The van der Waals surface area contributed by atoms with Gasteiger partial charge in [-0.15, -0.1) is 0 Å². The molecule has 0 aromatic heterocycles. The van der Waals surface area contributed by atoms with Gasteiger partial charge in [-0.3, -0.25) is 0 Å². The van der Waals surface area contributed by atoms with Crippen LogP contribution in [-0.4, -0.2) is 46.7 Å². The van der Waals surface area contributed by atoms with Crippen molar-refractivity contribution in [2.45, 2.75) is 32.6 Å². The molecule has 16 heavy (non-hydrogen) atoms. The van der Waals surface area contributed by atoms with Crippen molar-refractivity contribution < 1.29 is 13.2 Å². The van der Waals surface area contributed by atoms with Gasteiger partial charge in [0.1, 0.15) is 9.84 Å². The van der Waals surface area contributed by atoms with Crippen LogP contribution in [0.4, 0.5) is 0 Å². The Morgan fingerprint density at radius 3 is 2.38 bits per heavy atom. The Labute approximate surface area is 99.7 Å². The van der Waals surface area contributed by atoms with E-state index < -0.39 is 9.84 Å². The van der Waals surface area contributed by atoms with E-state index in [4.69, 9.17) is 4.74 Å². The van der Waals surface area contributed by atoms with Crippen molar-refractivity contribution in [3.8, 4) is 0 Å². The van der Waals surface area contributed by atoms with Gasteiger partial charge in [0.2, 0.25) is 0 Å². The third-order valence-electron chi connectivity index (χ3n) is 2.45. The smallest absolute Gasteiger partial charge is 0.150 e. The number of unbranched alkanes of at least 4 members (excludes halogenated alkanes) is 2. The summed E-state index contributed by atoms with van der Waals surface area (Å²) in [5, 5.41) is 3.25. The van der Waals surface area contributed by atoms with E-state index in [1.165, 1.54) is 0 Å². The molecule has 0 aliphatic rings. The van der Waals surface area contributed by atoms with Crippen LogP contribution in [0.5, 0.6) is 0 Å². The number of sulfone groups is 1. The molecule has 0 saturated carbocycles. The summed E-state index contributed by atoms with van der Waals surface area (Å²) in [5.41, 5.74) is 0. The summed E-state index contributed by atoms with van der Waals surface area (Å²) < 4.78 is 27.3. The van der Waals surface area contributed by atoms with E-state index >= 15 is 0 Å². The molecule has 0 aliphatic heterocycles. The molecule has 1 N–H and O–H groups in total. The van der Waals surface area contributed by atoms with Crippen molar-refractivity contribution in [1.29, 1.82) is 0 Å². The average Bonchev–Trinajstić information content (AvgIpc) is 2.27. The molecule has 0 fully saturated rings. The van der Waals surface area contributed by atoms with Crippen LogP contribution in [-0.2, 0) is 14.6 Å². The lowest BCUT2D eigenvalue weighted by Crippen LogP contribution is -2.20. The SMILES string of the molecule is CCS(=O)(=O)CCCNCCCCCOC. The molecule has 0 heterocycles. The van der Waals surface area contributed by atoms with Crippen molar-refractivity contribution in [2.75, 3.05) is 38.3 Å². The van der Waals surface area contributed by atoms with Crippen LogP contribution in [0, 0.1) is 0 Å². The van der Waals surface area contributed by atoms with E-state index in [2.05, 4.69) is 5.32 Å². The second kappa shape index (κ2) is 10.1. The fourth-order valence-corrected chi connectivity index (χ4v) is 2.23. The number of rotatable bonds is 11. The first-order chi connectivity index (χ1) is 7.62. The van der Waals surface area contributed by atoms with E-state index in [-0.39, 0.29) is 5.75 Å². The largest absolute Gasteiger partial charge is 0.385 e. The van der Waals surface area contributed by atoms with Crippen LogP contribution >= 0.6 is 0 Å². The summed E-state index contributed by atoms with van der Waals surface area (Å²) >= 11 is 0. The Balaban J connectivity index is 3.16. The lowest BCUT2D eigenvalue weighted by molar-refractivity contribution is 0.192. The average molecular weight is 251 g/mol. The molecule has 0 bridgehead atoms. The number of methoxy groups -OCH3 is 1. The topological polar surface area (TPSA) is 55.4 Å². The van der Waals surface area contributed by atoms with Crippen molar-refractivity contribution in [3.63, 3.8) is 0 Å². The Hall–Kier alpha value is -0.130. The molecule has 0 aromatic rings. The van der Waals surface area contributed by atoms with Gasteiger partial charge < -0.3 is 10.1 Å². The highest BCUT2D eigenvalue weighted by Gasteiger charge is 2.05. The van der Waals surface area contributed by atoms with Gasteiger partial charge in [-0.05, 0) is 38.8 Å². The Kier molecular flexibility index (Phi) is 9.97. The Morgan fingerprint density at radius 2 is 1.75 bits per heavy atom. The molecule has 0 radical (unpaired) electrons. The Bertz CT molecular complexity index is 240. The maximum atomic E-state index is 11.2. The van der Waals surface area contributed by atoms with Crippen molar-refractivity contribution >= 4 is 9.84 Å².